The second kappa shape index (κ2) is 9.03. The fraction of sp³-hybridized carbons (Fsp3) is 0.200. The van der Waals surface area contributed by atoms with E-state index >= 15 is 0 Å². The molecule has 24 heavy (non-hydrogen) atoms. The van der Waals surface area contributed by atoms with Crippen molar-refractivity contribution in [1.29, 1.82) is 0 Å². The van der Waals surface area contributed by atoms with Gasteiger partial charge in [-0.1, -0.05) is 67.3 Å². The average molecular weight is 325 g/mol. The van der Waals surface area contributed by atoms with Crippen LogP contribution in [0, 0.1) is 0 Å². The van der Waals surface area contributed by atoms with E-state index in [1.807, 2.05) is 42.5 Å². The second-order valence-corrected chi connectivity index (χ2v) is 5.51. The van der Waals surface area contributed by atoms with Crippen LogP contribution in [0.2, 0.25) is 0 Å². The van der Waals surface area contributed by atoms with Crippen molar-refractivity contribution in [2.45, 2.75) is 18.8 Å². The minimum atomic E-state index is -1.46. The molecule has 0 spiro atoms. The van der Waals surface area contributed by atoms with E-state index in [9.17, 15) is 5.11 Å². The van der Waals surface area contributed by atoms with Gasteiger partial charge < -0.3 is 20.6 Å². The summed E-state index contributed by atoms with van der Waals surface area (Å²) < 4.78 is 0. The van der Waals surface area contributed by atoms with Gasteiger partial charge in [-0.2, -0.15) is 0 Å². The molecule has 1 atom stereocenters. The highest BCUT2D eigenvalue weighted by atomic mass is 16.5. The summed E-state index contributed by atoms with van der Waals surface area (Å²) in [5, 5.41) is 30.2. The highest BCUT2D eigenvalue weighted by molar-refractivity contribution is 5.75. The van der Waals surface area contributed by atoms with Gasteiger partial charge in [0.15, 0.2) is 6.29 Å². The van der Waals surface area contributed by atoms with Crippen LogP contribution in [-0.2, 0) is 0 Å². The maximum atomic E-state index is 9.25. The van der Waals surface area contributed by atoms with E-state index in [0.29, 0.717) is 0 Å². The lowest BCUT2D eigenvalue weighted by Crippen LogP contribution is -2.32. The molecule has 2 rings (SSSR count). The third kappa shape index (κ3) is 5.06. The first-order chi connectivity index (χ1) is 11.6. The van der Waals surface area contributed by atoms with Crippen molar-refractivity contribution in [2.75, 3.05) is 6.61 Å². The van der Waals surface area contributed by atoms with Crippen molar-refractivity contribution in [2.24, 2.45) is 0 Å². The molecular formula is C20H23NO3. The first-order valence-electron chi connectivity index (χ1n) is 7.85. The molecule has 4 nitrogen and oxygen atoms in total. The molecule has 0 amide bonds. The van der Waals surface area contributed by atoms with E-state index < -0.39 is 12.3 Å². The second-order valence-electron chi connectivity index (χ2n) is 5.51. The third-order valence-electron chi connectivity index (χ3n) is 3.74. The van der Waals surface area contributed by atoms with Crippen LogP contribution in [0.15, 0.2) is 73.5 Å². The Bertz CT molecular complexity index is 663. The summed E-state index contributed by atoms with van der Waals surface area (Å²) in [6.45, 7) is 3.62. The van der Waals surface area contributed by atoms with Crippen LogP contribution < -0.4 is 5.32 Å². The zero-order chi connectivity index (χ0) is 17.4. The Morgan fingerprint density at radius 1 is 1.00 bits per heavy atom. The lowest BCUT2D eigenvalue weighted by Gasteiger charge is -2.16. The van der Waals surface area contributed by atoms with E-state index in [4.69, 9.17) is 10.2 Å². The maximum absolute atomic E-state index is 9.25. The molecule has 2 aromatic carbocycles. The molecule has 0 aliphatic carbocycles. The largest absolute Gasteiger partial charge is 0.394 e. The summed E-state index contributed by atoms with van der Waals surface area (Å²) in [7, 11) is 0. The SMILES string of the molecule is C=C/C(=C\N[C@@H](CO)CC(O)O)c1ccc(-c2ccccc2)cc1. The van der Waals surface area contributed by atoms with E-state index in [0.717, 1.165) is 22.3 Å². The Labute approximate surface area is 142 Å². The van der Waals surface area contributed by atoms with E-state index in [-0.39, 0.29) is 13.0 Å². The summed E-state index contributed by atoms with van der Waals surface area (Å²) in [6, 6.07) is 17.8. The zero-order valence-corrected chi connectivity index (χ0v) is 13.5. The van der Waals surface area contributed by atoms with Gasteiger partial charge in [-0.15, -0.1) is 0 Å². The highest BCUT2D eigenvalue weighted by Crippen LogP contribution is 2.22. The van der Waals surface area contributed by atoms with Crippen LogP contribution in [0.5, 0.6) is 0 Å². The number of hydrogen-bond donors (Lipinski definition) is 4. The Morgan fingerprint density at radius 2 is 1.62 bits per heavy atom. The molecule has 0 saturated carbocycles. The van der Waals surface area contributed by atoms with Crippen LogP contribution in [-0.4, -0.2) is 34.3 Å². The van der Waals surface area contributed by atoms with Gasteiger partial charge >= 0.3 is 0 Å². The van der Waals surface area contributed by atoms with E-state index in [1.54, 1.807) is 12.3 Å². The molecule has 0 aromatic heterocycles. The quantitative estimate of drug-likeness (QED) is 0.444. The van der Waals surface area contributed by atoms with Crippen LogP contribution >= 0.6 is 0 Å². The smallest absolute Gasteiger partial charge is 0.153 e. The van der Waals surface area contributed by atoms with E-state index in [1.165, 1.54) is 0 Å². The molecule has 0 heterocycles. The maximum Gasteiger partial charge on any atom is 0.153 e. The highest BCUT2D eigenvalue weighted by Gasteiger charge is 2.10. The van der Waals surface area contributed by atoms with Crippen molar-refractivity contribution in [3.8, 4) is 11.1 Å². The minimum Gasteiger partial charge on any atom is -0.394 e. The first-order valence-corrected chi connectivity index (χ1v) is 7.85. The summed E-state index contributed by atoms with van der Waals surface area (Å²) >= 11 is 0. The van der Waals surface area contributed by atoms with Gasteiger partial charge in [-0.05, 0) is 22.3 Å². The molecule has 4 heteroatoms. The van der Waals surface area contributed by atoms with Crippen LogP contribution in [0.4, 0.5) is 0 Å². The van der Waals surface area contributed by atoms with Gasteiger partial charge in [0.25, 0.3) is 0 Å². The molecule has 0 unspecified atom stereocenters. The Morgan fingerprint density at radius 3 is 2.17 bits per heavy atom. The topological polar surface area (TPSA) is 72.7 Å². The number of aliphatic hydroxyl groups excluding tert-OH is 2. The number of rotatable bonds is 8. The number of aliphatic hydroxyl groups is 3. The fourth-order valence-electron chi connectivity index (χ4n) is 2.40. The molecule has 2 aromatic rings. The van der Waals surface area contributed by atoms with Crippen LogP contribution in [0.25, 0.3) is 16.7 Å². The van der Waals surface area contributed by atoms with Crippen molar-refractivity contribution >= 4 is 5.57 Å². The summed E-state index contributed by atoms with van der Waals surface area (Å²) in [4.78, 5) is 0. The molecule has 0 saturated heterocycles. The van der Waals surface area contributed by atoms with Gasteiger partial charge in [-0.3, -0.25) is 0 Å². The average Bonchev–Trinajstić information content (AvgIpc) is 2.62. The molecule has 0 aliphatic rings. The van der Waals surface area contributed by atoms with Crippen molar-refractivity contribution in [1.82, 2.24) is 5.32 Å². The summed E-state index contributed by atoms with van der Waals surface area (Å²) in [5.41, 5.74) is 4.13. The van der Waals surface area contributed by atoms with Crippen molar-refractivity contribution in [3.05, 3.63) is 79.0 Å². The van der Waals surface area contributed by atoms with Crippen molar-refractivity contribution in [3.63, 3.8) is 0 Å². The number of allylic oxidation sites excluding steroid dienone is 2. The molecule has 0 radical (unpaired) electrons. The zero-order valence-electron chi connectivity index (χ0n) is 13.5. The van der Waals surface area contributed by atoms with Crippen LogP contribution in [0.3, 0.4) is 0 Å². The van der Waals surface area contributed by atoms with Gasteiger partial charge in [-0.25, -0.2) is 0 Å². The fourth-order valence-corrected chi connectivity index (χ4v) is 2.40. The predicted octanol–water partition coefficient (Wildman–Crippen LogP) is 2.53. The molecule has 0 fully saturated rings. The van der Waals surface area contributed by atoms with Crippen molar-refractivity contribution < 1.29 is 15.3 Å². The molecule has 126 valence electrons. The summed E-state index contributed by atoms with van der Waals surface area (Å²) in [5.74, 6) is 0. The van der Waals surface area contributed by atoms with Gasteiger partial charge in [0.2, 0.25) is 0 Å². The molecular weight excluding hydrogens is 302 g/mol. The Balaban J connectivity index is 2.12. The number of nitrogens with one attached hydrogen (secondary N) is 1. The predicted molar refractivity (Wildman–Crippen MR) is 96.9 cm³/mol. The molecule has 4 N–H and O–H groups in total. The Kier molecular flexibility index (Phi) is 6.75. The summed E-state index contributed by atoms with van der Waals surface area (Å²) in [6.07, 6.45) is 2.03. The number of benzene rings is 2. The lowest BCUT2D eigenvalue weighted by molar-refractivity contribution is -0.0539. The first kappa shape index (κ1) is 17.9. The normalized spacial score (nSPS) is 12.9. The molecule has 0 aliphatic heterocycles. The van der Waals surface area contributed by atoms with Gasteiger partial charge in [0.1, 0.15) is 0 Å². The lowest BCUT2D eigenvalue weighted by atomic mass is 10.0. The standard InChI is InChI=1S/C20H23NO3/c1-2-15(13-21-19(14-22)12-20(23)24)17-8-10-18(11-9-17)16-6-4-3-5-7-16/h2-11,13,19-24H,1,12,14H2/b15-13+/t19-/m1/s1. The molecule has 0 bridgehead atoms. The number of hydrogen-bond acceptors (Lipinski definition) is 4. The minimum absolute atomic E-state index is 0.0460. The third-order valence-corrected chi connectivity index (χ3v) is 3.74. The monoisotopic (exact) mass is 325 g/mol. The Hall–Kier alpha value is -2.40. The van der Waals surface area contributed by atoms with E-state index in [2.05, 4.69) is 24.0 Å². The van der Waals surface area contributed by atoms with Crippen LogP contribution in [0.1, 0.15) is 12.0 Å². The van der Waals surface area contributed by atoms with Gasteiger partial charge in [0.05, 0.1) is 12.6 Å². The van der Waals surface area contributed by atoms with Gasteiger partial charge in [0, 0.05) is 12.6 Å².